The first-order valence-corrected chi connectivity index (χ1v) is 37.0. The van der Waals surface area contributed by atoms with Gasteiger partial charge in [-0.25, -0.2) is 12.8 Å². The monoisotopic (exact) mass is 1470 g/mol. The van der Waals surface area contributed by atoms with E-state index in [0.717, 1.165) is 192 Å². The summed E-state index contributed by atoms with van der Waals surface area (Å²) in [6.07, 6.45) is -0.753. The molecular weight excluding hydrogens is 1400 g/mol. The third-order valence-corrected chi connectivity index (χ3v) is 20.5. The van der Waals surface area contributed by atoms with Crippen LogP contribution in [0.15, 0.2) is 237 Å². The van der Waals surface area contributed by atoms with Crippen LogP contribution in [0.4, 0.5) is 17.6 Å². The number of halogens is 4. The Hall–Kier alpha value is -12.6. The lowest BCUT2D eigenvalue weighted by molar-refractivity contribution is -0.538. The van der Waals surface area contributed by atoms with E-state index < -0.39 is 27.4 Å². The average Bonchev–Trinajstić information content (AvgIpc) is 0.707. The molecule has 0 amide bonds. The van der Waals surface area contributed by atoms with E-state index in [1.807, 2.05) is 188 Å². The summed E-state index contributed by atoms with van der Waals surface area (Å²) in [5.74, 6) is -0.656. The Morgan fingerprint density at radius 1 is 0.361 bits per heavy atom. The molecule has 0 radical (unpaired) electrons. The minimum Gasteiger partial charge on any atom is -0.502 e. The van der Waals surface area contributed by atoms with Gasteiger partial charge < -0.3 is 58.8 Å². The molecule has 17 nitrogen and oxygen atoms in total. The van der Waals surface area contributed by atoms with E-state index in [1.54, 1.807) is 10.6 Å². The lowest BCUT2D eigenvalue weighted by Gasteiger charge is -2.20. The van der Waals surface area contributed by atoms with Crippen molar-refractivity contribution in [2.45, 2.75) is 51.1 Å². The van der Waals surface area contributed by atoms with Crippen LogP contribution in [0.5, 0.6) is 17.2 Å². The van der Waals surface area contributed by atoms with Crippen molar-refractivity contribution in [1.82, 2.24) is 15.0 Å². The third kappa shape index (κ3) is 11.5. The lowest BCUT2D eigenvalue weighted by atomic mass is 9.91. The van der Waals surface area contributed by atoms with E-state index in [1.165, 1.54) is 36.4 Å². The molecule has 15 aromatic rings. The number of aromatic amines is 3. The van der Waals surface area contributed by atoms with Crippen molar-refractivity contribution in [3.63, 3.8) is 0 Å². The molecular formula is C86H69F4N6O11S+3. The summed E-state index contributed by atoms with van der Waals surface area (Å²) in [7, 11) is -3.47. The predicted molar refractivity (Wildman–Crippen MR) is 412 cm³/mol. The number of aliphatic hydroxyl groups is 3. The zero-order valence-corrected chi connectivity index (χ0v) is 59.3. The number of aromatic hydroxyl groups is 3. The molecule has 0 saturated heterocycles. The number of aliphatic hydroxyl groups excluding tert-OH is 3. The van der Waals surface area contributed by atoms with Gasteiger partial charge >= 0.3 is 6.18 Å². The van der Waals surface area contributed by atoms with E-state index in [9.17, 15) is 41.3 Å². The SMILES string of the molecule is CCCO.CCCO.CCCO.CS(=O)(=O)c1ccc(O)c(-[n+]2c3cccc4[nH]c5cccc6oc7cccc2c7c(c43)-c56)c1.Oc1ccc(C(F)(F)F)cc1-[n+]1c2cccc3[nH]c4cccc5oc6cccc1c6c(c32)-c45.Oc1ccc(F)cc1-[n+]1c2cccc3[nH]c4cccc5oc6cccc1c6c(c32)-c45. The maximum atomic E-state index is 14.2. The highest BCUT2D eigenvalue weighted by atomic mass is 32.2. The largest absolute Gasteiger partial charge is 0.502 e. The number of benzene rings is 12. The standard InChI is InChI=1S/C26H13F3N2O2.C26H16N2O4S.C25H13FN2O2.3C3H8O/c27-26(28,29)13-10-11-19(32)18(12-13)31-16-6-1-4-14-22(16)25-23-15(30-14)5-2-8-20(23)33-21-9-3-7-17(31)24(21)25;1-33(30,31)14-11-12-20(29)19(13-14)28-17-7-2-5-15-23(17)26-24-16(27-15)6-3-9-21(24)32-22-10-4-8-18(28)25(22)26;26-13-10-11-19(29)18(12-13)28-16-6-1-4-14-22(16)25-23-15(27-14)5-2-8-20(23)30-21-9-3-7-17(28)24(21)25;3*1-2-3-4/h1-12,32H;2-13,29H,1H3;1-12,29H;3*4H,2-3H2,1H3/p+3. The smallest absolute Gasteiger partial charge is 0.416 e. The van der Waals surface area contributed by atoms with Crippen molar-refractivity contribution in [1.29, 1.82) is 0 Å². The number of hydrogen-bond acceptors (Lipinski definition) is 11. The Morgan fingerprint density at radius 2 is 0.648 bits per heavy atom. The highest BCUT2D eigenvalue weighted by Gasteiger charge is 2.38. The molecule has 3 aromatic heterocycles. The van der Waals surface area contributed by atoms with Gasteiger partial charge in [0.15, 0.2) is 27.1 Å². The molecule has 108 heavy (non-hydrogen) atoms. The average molecular weight is 1470 g/mol. The molecule has 9 N–H and O–H groups in total. The summed E-state index contributed by atoms with van der Waals surface area (Å²) in [6.45, 7) is 6.75. The summed E-state index contributed by atoms with van der Waals surface area (Å²) in [6, 6.07) is 63.8. The second kappa shape index (κ2) is 27.4. The van der Waals surface area contributed by atoms with Gasteiger partial charge in [-0.2, -0.15) is 13.2 Å². The van der Waals surface area contributed by atoms with Crippen LogP contribution in [0.25, 0.3) is 182 Å². The van der Waals surface area contributed by atoms with Crippen molar-refractivity contribution in [3.05, 3.63) is 230 Å². The van der Waals surface area contributed by atoms with Crippen molar-refractivity contribution in [2.75, 3.05) is 26.1 Å². The summed E-state index contributed by atoms with van der Waals surface area (Å²) in [5.41, 5.74) is 20.8. The van der Waals surface area contributed by atoms with Crippen LogP contribution in [0.3, 0.4) is 0 Å². The van der Waals surface area contributed by atoms with E-state index in [-0.39, 0.29) is 27.8 Å². The fourth-order valence-electron chi connectivity index (χ4n) is 14.9. The summed E-state index contributed by atoms with van der Waals surface area (Å²) in [5, 5.41) is 61.3. The first-order valence-electron chi connectivity index (χ1n) is 35.1. The van der Waals surface area contributed by atoms with E-state index in [4.69, 9.17) is 28.6 Å². The highest BCUT2D eigenvalue weighted by molar-refractivity contribution is 7.90. The number of nitrogens with one attached hydrogen (secondary N) is 3. The minimum absolute atomic E-state index is 0.0108. The van der Waals surface area contributed by atoms with E-state index >= 15 is 0 Å². The van der Waals surface area contributed by atoms with Crippen LogP contribution in [0.2, 0.25) is 0 Å². The Balaban J connectivity index is 0.000000115. The van der Waals surface area contributed by atoms with Crippen LogP contribution in [-0.2, 0) is 16.0 Å². The number of sulfone groups is 1. The molecule has 0 unspecified atom stereocenters. The first-order chi connectivity index (χ1) is 52.3. The fourth-order valence-corrected chi connectivity index (χ4v) is 15.5. The first kappa shape index (κ1) is 69.8. The molecule has 21 rings (SSSR count). The maximum absolute atomic E-state index is 14.2. The molecule has 0 spiro atoms. The number of alkyl halides is 3. The Kier molecular flexibility index (Phi) is 17.7. The normalized spacial score (nSPS) is 12.1. The summed E-state index contributed by atoms with van der Waals surface area (Å²) in [4.78, 5) is 10.6. The summed E-state index contributed by atoms with van der Waals surface area (Å²) < 4.78 is 104. The van der Waals surface area contributed by atoms with Crippen LogP contribution >= 0.6 is 0 Å². The highest BCUT2D eigenvalue weighted by Crippen LogP contribution is 2.51. The Morgan fingerprint density at radius 3 is 0.991 bits per heavy atom. The number of rotatable bonds is 7. The van der Waals surface area contributed by atoms with Gasteiger partial charge in [0.25, 0.3) is 17.1 Å². The van der Waals surface area contributed by atoms with Gasteiger partial charge in [0, 0.05) is 108 Å². The number of phenolic OH excluding ortho intramolecular Hbond substituents is 3. The number of nitrogens with zero attached hydrogens (tertiary/aromatic N) is 3. The molecule has 9 heterocycles. The van der Waals surface area contributed by atoms with Crippen LogP contribution < -0.4 is 13.7 Å². The van der Waals surface area contributed by atoms with E-state index in [2.05, 4.69) is 15.0 Å². The quantitative estimate of drug-likeness (QED) is 0.0314. The molecule has 0 atom stereocenters. The summed E-state index contributed by atoms with van der Waals surface area (Å²) >= 11 is 0. The van der Waals surface area contributed by atoms with Crippen LogP contribution in [0.1, 0.15) is 45.6 Å². The van der Waals surface area contributed by atoms with Gasteiger partial charge in [0.2, 0.25) is 33.1 Å². The molecule has 540 valence electrons. The topological polar surface area (TPSA) is 254 Å². The zero-order chi connectivity index (χ0) is 75.2. The molecule has 0 saturated carbocycles. The predicted octanol–water partition coefficient (Wildman–Crippen LogP) is 19.0. The van der Waals surface area contributed by atoms with Crippen LogP contribution in [0, 0.1) is 5.82 Å². The van der Waals surface area contributed by atoms with Gasteiger partial charge in [-0.3, -0.25) is 0 Å². The molecule has 6 aliphatic heterocycles. The van der Waals surface area contributed by atoms with E-state index in [0.29, 0.717) is 47.8 Å². The number of phenols is 3. The lowest BCUT2D eigenvalue weighted by Crippen LogP contribution is -2.34. The molecule has 0 aliphatic carbocycles. The van der Waals surface area contributed by atoms with Gasteiger partial charge in [-0.15, -0.1) is 13.7 Å². The number of aromatic nitrogens is 6. The second-order valence-electron chi connectivity index (χ2n) is 26.3. The van der Waals surface area contributed by atoms with Gasteiger partial charge in [-0.1, -0.05) is 75.4 Å². The Bertz CT molecular complexity index is 6650. The molecule has 0 fully saturated rings. The van der Waals surface area contributed by atoms with Crippen molar-refractivity contribution >= 4 is 142 Å². The van der Waals surface area contributed by atoms with Gasteiger partial charge in [0.1, 0.15) is 39.3 Å². The molecule has 6 aliphatic rings. The van der Waals surface area contributed by atoms with Gasteiger partial charge in [0.05, 0.1) is 81.9 Å². The number of hydrogen-bond donors (Lipinski definition) is 9. The van der Waals surface area contributed by atoms with Crippen molar-refractivity contribution in [3.8, 4) is 67.7 Å². The number of pyridine rings is 6. The van der Waals surface area contributed by atoms with Crippen molar-refractivity contribution in [2.24, 2.45) is 0 Å². The maximum Gasteiger partial charge on any atom is 0.416 e. The second-order valence-corrected chi connectivity index (χ2v) is 28.3. The van der Waals surface area contributed by atoms with Crippen molar-refractivity contribution < 1.29 is 83.6 Å². The molecule has 0 bridgehead atoms. The third-order valence-electron chi connectivity index (χ3n) is 19.4. The molecule has 12 aromatic carbocycles. The van der Waals surface area contributed by atoms with Crippen LogP contribution in [-0.4, -0.2) is 80.1 Å². The minimum atomic E-state index is -4.54. The Labute approximate surface area is 611 Å². The molecule has 22 heteroatoms. The van der Waals surface area contributed by atoms with Gasteiger partial charge in [-0.05, 0) is 128 Å². The number of H-pyrrole nitrogens is 3. The zero-order valence-electron chi connectivity index (χ0n) is 58.5. The fraction of sp³-hybridized carbons (Fsp3) is 0.128.